The molecule has 9 heteroatoms. The SMILES string of the molecule is CCOc1cc([C@H]2C(=C(O)c3ccc4c(c3)OCCO4)C(=O)C(=O)N2Cc2cccnc2)ccc1OCc1ccccc1. The van der Waals surface area contributed by atoms with Gasteiger partial charge in [-0.05, 0) is 60.0 Å². The number of aliphatic hydroxyl groups excluding tert-OH is 1. The van der Waals surface area contributed by atoms with E-state index < -0.39 is 17.7 Å². The average molecular weight is 579 g/mol. The zero-order chi connectivity index (χ0) is 29.8. The van der Waals surface area contributed by atoms with E-state index in [0.29, 0.717) is 60.6 Å². The molecule has 2 aliphatic heterocycles. The number of amides is 1. The monoisotopic (exact) mass is 578 g/mol. The van der Waals surface area contributed by atoms with Gasteiger partial charge in [-0.2, -0.15) is 0 Å². The van der Waals surface area contributed by atoms with Gasteiger partial charge in [0.05, 0.1) is 18.2 Å². The van der Waals surface area contributed by atoms with E-state index >= 15 is 0 Å². The molecule has 4 aromatic rings. The molecule has 0 aliphatic carbocycles. The molecule has 1 fully saturated rings. The first-order chi connectivity index (χ1) is 21.0. The van der Waals surface area contributed by atoms with E-state index in [1.54, 1.807) is 54.9 Å². The summed E-state index contributed by atoms with van der Waals surface area (Å²) >= 11 is 0. The number of aliphatic hydroxyl groups is 1. The number of hydrogen-bond acceptors (Lipinski definition) is 8. The summed E-state index contributed by atoms with van der Waals surface area (Å²) in [6, 6.07) is 22.7. The van der Waals surface area contributed by atoms with Crippen LogP contribution in [-0.2, 0) is 22.7 Å². The van der Waals surface area contributed by atoms with Gasteiger partial charge in [-0.3, -0.25) is 14.6 Å². The lowest BCUT2D eigenvalue weighted by Crippen LogP contribution is -2.29. The number of ketones is 1. The number of Topliss-reactive ketones (excluding diaryl/α,β-unsaturated/α-hetero) is 1. The molecule has 2 aliphatic rings. The van der Waals surface area contributed by atoms with Crippen LogP contribution in [0.3, 0.4) is 0 Å². The number of nitrogens with zero attached hydrogens (tertiary/aromatic N) is 2. The Balaban J connectivity index is 1.43. The summed E-state index contributed by atoms with van der Waals surface area (Å²) in [5, 5.41) is 11.6. The van der Waals surface area contributed by atoms with E-state index in [9.17, 15) is 14.7 Å². The molecular weight excluding hydrogens is 548 g/mol. The highest BCUT2D eigenvalue weighted by atomic mass is 16.6. The van der Waals surface area contributed by atoms with Crippen LogP contribution in [0.4, 0.5) is 0 Å². The van der Waals surface area contributed by atoms with E-state index in [0.717, 1.165) is 11.1 Å². The molecule has 1 saturated heterocycles. The average Bonchev–Trinajstić information content (AvgIpc) is 3.29. The van der Waals surface area contributed by atoms with Gasteiger partial charge in [0.25, 0.3) is 11.7 Å². The molecule has 218 valence electrons. The predicted octanol–water partition coefficient (Wildman–Crippen LogP) is 5.45. The highest BCUT2D eigenvalue weighted by molar-refractivity contribution is 6.46. The number of ether oxygens (including phenoxy) is 4. The quantitative estimate of drug-likeness (QED) is 0.159. The summed E-state index contributed by atoms with van der Waals surface area (Å²) in [7, 11) is 0. The Morgan fingerprint density at radius 2 is 1.70 bits per heavy atom. The van der Waals surface area contributed by atoms with E-state index in [-0.39, 0.29) is 17.9 Å². The van der Waals surface area contributed by atoms with E-state index in [4.69, 9.17) is 18.9 Å². The van der Waals surface area contributed by atoms with Crippen LogP contribution in [0.25, 0.3) is 5.76 Å². The maximum atomic E-state index is 13.6. The topological polar surface area (TPSA) is 107 Å². The van der Waals surface area contributed by atoms with Gasteiger partial charge in [-0.25, -0.2) is 0 Å². The van der Waals surface area contributed by atoms with Gasteiger partial charge in [-0.15, -0.1) is 0 Å². The Hall–Kier alpha value is -5.31. The maximum Gasteiger partial charge on any atom is 0.295 e. The van der Waals surface area contributed by atoms with E-state index in [1.165, 1.54) is 4.90 Å². The minimum Gasteiger partial charge on any atom is -0.507 e. The fourth-order valence-corrected chi connectivity index (χ4v) is 5.24. The maximum absolute atomic E-state index is 13.6. The van der Waals surface area contributed by atoms with Crippen molar-refractivity contribution >= 4 is 17.4 Å². The number of fused-ring (bicyclic) bond motifs is 1. The summed E-state index contributed by atoms with van der Waals surface area (Å²) < 4.78 is 23.3. The lowest BCUT2D eigenvalue weighted by molar-refractivity contribution is -0.140. The van der Waals surface area contributed by atoms with Gasteiger partial charge in [0, 0.05) is 24.5 Å². The first-order valence-corrected chi connectivity index (χ1v) is 14.0. The van der Waals surface area contributed by atoms with Crippen LogP contribution < -0.4 is 18.9 Å². The minimum atomic E-state index is -0.907. The zero-order valence-electron chi connectivity index (χ0n) is 23.6. The predicted molar refractivity (Wildman–Crippen MR) is 158 cm³/mol. The number of carbonyl (C=O) groups excluding carboxylic acids is 2. The summed E-state index contributed by atoms with van der Waals surface area (Å²) in [6.45, 7) is 3.47. The first-order valence-electron chi connectivity index (χ1n) is 14.0. The van der Waals surface area contributed by atoms with Crippen LogP contribution >= 0.6 is 0 Å². The van der Waals surface area contributed by atoms with Crippen LogP contribution in [-0.4, -0.2) is 46.5 Å². The molecule has 1 N–H and O–H groups in total. The van der Waals surface area contributed by atoms with Gasteiger partial charge < -0.3 is 29.0 Å². The second-order valence-corrected chi connectivity index (χ2v) is 10.1. The highest BCUT2D eigenvalue weighted by Gasteiger charge is 2.46. The second-order valence-electron chi connectivity index (χ2n) is 10.1. The van der Waals surface area contributed by atoms with Crippen LogP contribution in [0.5, 0.6) is 23.0 Å². The molecule has 0 spiro atoms. The Morgan fingerprint density at radius 3 is 2.47 bits per heavy atom. The summed E-state index contributed by atoms with van der Waals surface area (Å²) in [6.07, 6.45) is 3.28. The molecule has 1 aromatic heterocycles. The molecule has 3 heterocycles. The van der Waals surface area contributed by atoms with Crippen LogP contribution in [0.1, 0.15) is 35.2 Å². The molecule has 1 atom stereocenters. The summed E-state index contributed by atoms with van der Waals surface area (Å²) in [4.78, 5) is 32.7. The fraction of sp³-hybridized carbons (Fsp3) is 0.206. The van der Waals surface area contributed by atoms with Crippen molar-refractivity contribution in [3.63, 3.8) is 0 Å². The molecule has 3 aromatic carbocycles. The van der Waals surface area contributed by atoms with Gasteiger partial charge in [-0.1, -0.05) is 42.5 Å². The number of benzene rings is 3. The third-order valence-corrected chi connectivity index (χ3v) is 7.25. The number of aromatic nitrogens is 1. The van der Waals surface area contributed by atoms with Crippen molar-refractivity contribution in [2.24, 2.45) is 0 Å². The highest BCUT2D eigenvalue weighted by Crippen LogP contribution is 2.44. The second kappa shape index (κ2) is 12.3. The zero-order valence-corrected chi connectivity index (χ0v) is 23.6. The molecular formula is C34H30N2O7. The minimum absolute atomic E-state index is 0.0361. The van der Waals surface area contributed by atoms with Crippen molar-refractivity contribution in [2.75, 3.05) is 19.8 Å². The van der Waals surface area contributed by atoms with Crippen molar-refractivity contribution in [2.45, 2.75) is 26.1 Å². The third kappa shape index (κ3) is 5.74. The summed E-state index contributed by atoms with van der Waals surface area (Å²) in [5.74, 6) is 0.155. The Morgan fingerprint density at radius 1 is 0.907 bits per heavy atom. The molecule has 6 rings (SSSR count). The normalized spacial score (nSPS) is 17.1. The van der Waals surface area contributed by atoms with Crippen molar-refractivity contribution in [3.8, 4) is 23.0 Å². The standard InChI is InChI=1S/C34H30N2O7/c1-2-40-28-17-24(10-12-27(28)43-21-22-7-4-3-5-8-22)31-30(32(37)25-11-13-26-29(18-25)42-16-15-41-26)33(38)34(39)36(31)20-23-9-6-14-35-19-23/h3-14,17-19,31,37H,2,15-16,20-21H2,1H3/t31-/m0/s1. The molecule has 0 bridgehead atoms. The molecule has 0 radical (unpaired) electrons. The molecule has 0 saturated carbocycles. The molecule has 1 amide bonds. The number of rotatable bonds is 9. The van der Waals surface area contributed by atoms with Crippen molar-refractivity contribution in [3.05, 3.63) is 119 Å². The third-order valence-electron chi connectivity index (χ3n) is 7.25. The van der Waals surface area contributed by atoms with Crippen molar-refractivity contribution < 1.29 is 33.6 Å². The van der Waals surface area contributed by atoms with Crippen molar-refractivity contribution in [1.82, 2.24) is 9.88 Å². The van der Waals surface area contributed by atoms with Crippen LogP contribution in [0, 0.1) is 0 Å². The largest absolute Gasteiger partial charge is 0.507 e. The molecule has 43 heavy (non-hydrogen) atoms. The van der Waals surface area contributed by atoms with Gasteiger partial charge in [0.2, 0.25) is 0 Å². The number of likely N-dealkylation sites (tertiary alicyclic amines) is 1. The Kier molecular flexibility index (Phi) is 7.95. The Labute approximate surface area is 248 Å². The van der Waals surface area contributed by atoms with E-state index in [1.807, 2.05) is 43.3 Å². The first kappa shape index (κ1) is 27.8. The van der Waals surface area contributed by atoms with Gasteiger partial charge >= 0.3 is 0 Å². The number of pyridine rings is 1. The molecule has 9 nitrogen and oxygen atoms in total. The lowest BCUT2D eigenvalue weighted by Gasteiger charge is -2.26. The van der Waals surface area contributed by atoms with E-state index in [2.05, 4.69) is 4.98 Å². The fourth-order valence-electron chi connectivity index (χ4n) is 5.24. The van der Waals surface area contributed by atoms with Gasteiger partial charge in [0.15, 0.2) is 23.0 Å². The number of hydrogen-bond donors (Lipinski definition) is 1. The van der Waals surface area contributed by atoms with Crippen LogP contribution in [0.2, 0.25) is 0 Å². The number of carbonyl (C=O) groups is 2. The molecule has 0 unspecified atom stereocenters. The Bertz CT molecular complexity index is 1670. The lowest BCUT2D eigenvalue weighted by atomic mass is 9.94. The smallest absolute Gasteiger partial charge is 0.295 e. The van der Waals surface area contributed by atoms with Gasteiger partial charge in [0.1, 0.15) is 25.6 Å². The van der Waals surface area contributed by atoms with Crippen LogP contribution in [0.15, 0.2) is 96.8 Å². The summed E-state index contributed by atoms with van der Waals surface area (Å²) in [5.41, 5.74) is 2.62. The van der Waals surface area contributed by atoms with Crippen molar-refractivity contribution in [1.29, 1.82) is 0 Å².